The van der Waals surface area contributed by atoms with Gasteiger partial charge in [-0.2, -0.15) is 0 Å². The first-order chi connectivity index (χ1) is 16.9. The van der Waals surface area contributed by atoms with Gasteiger partial charge in [0.1, 0.15) is 18.5 Å². The van der Waals surface area contributed by atoms with Crippen molar-refractivity contribution in [3.05, 3.63) is 65.5 Å². The molecule has 0 spiro atoms. The van der Waals surface area contributed by atoms with Crippen LogP contribution in [0.4, 0.5) is 14.9 Å². The Balaban J connectivity index is 1.12. The van der Waals surface area contributed by atoms with E-state index in [-0.39, 0.29) is 55.1 Å². The van der Waals surface area contributed by atoms with Crippen molar-refractivity contribution in [3.63, 3.8) is 0 Å². The number of halogens is 1. The zero-order valence-corrected chi connectivity index (χ0v) is 19.5. The van der Waals surface area contributed by atoms with Gasteiger partial charge in [-0.05, 0) is 41.0 Å². The molecule has 2 aromatic carbocycles. The van der Waals surface area contributed by atoms with Gasteiger partial charge in [-0.25, -0.2) is 9.18 Å². The lowest BCUT2D eigenvalue weighted by atomic mass is 10.0. The molecule has 2 aliphatic heterocycles. The molecule has 2 heterocycles. The molecule has 9 heteroatoms. The van der Waals surface area contributed by atoms with Crippen LogP contribution >= 0.6 is 0 Å². The molecule has 35 heavy (non-hydrogen) atoms. The SMILES string of the molecule is CC(=O)NC[C@H]1CN(c2ccc([C@H]3[C@@H]4CN(C(=O)COCc5ccccc5)C[C@@H]43)c(F)c2)C(=O)O1. The van der Waals surface area contributed by atoms with E-state index in [1.807, 2.05) is 30.3 Å². The van der Waals surface area contributed by atoms with E-state index < -0.39 is 12.2 Å². The van der Waals surface area contributed by atoms with Crippen LogP contribution in [0.25, 0.3) is 0 Å². The number of nitrogens with one attached hydrogen (secondary N) is 1. The monoisotopic (exact) mass is 481 g/mol. The van der Waals surface area contributed by atoms with E-state index in [1.54, 1.807) is 17.0 Å². The van der Waals surface area contributed by atoms with Crippen LogP contribution in [0, 0.1) is 17.7 Å². The molecule has 3 fully saturated rings. The summed E-state index contributed by atoms with van der Waals surface area (Å²) < 4.78 is 25.9. The first kappa shape index (κ1) is 23.3. The van der Waals surface area contributed by atoms with Gasteiger partial charge >= 0.3 is 6.09 Å². The zero-order valence-electron chi connectivity index (χ0n) is 19.5. The molecule has 3 aliphatic rings. The van der Waals surface area contributed by atoms with Crippen LogP contribution in [0.15, 0.2) is 48.5 Å². The van der Waals surface area contributed by atoms with E-state index in [1.165, 1.54) is 17.9 Å². The van der Waals surface area contributed by atoms with E-state index in [2.05, 4.69) is 5.32 Å². The van der Waals surface area contributed by atoms with Gasteiger partial charge in [-0.1, -0.05) is 36.4 Å². The van der Waals surface area contributed by atoms with Crippen LogP contribution in [0.2, 0.25) is 0 Å². The molecule has 2 saturated heterocycles. The van der Waals surface area contributed by atoms with Gasteiger partial charge < -0.3 is 19.7 Å². The number of likely N-dealkylation sites (tertiary alicyclic amines) is 1. The Morgan fingerprint density at radius 3 is 2.54 bits per heavy atom. The van der Waals surface area contributed by atoms with E-state index in [0.717, 1.165) is 5.56 Å². The molecule has 184 valence electrons. The van der Waals surface area contributed by atoms with Crippen LogP contribution in [0.3, 0.4) is 0 Å². The highest BCUT2D eigenvalue weighted by Crippen LogP contribution is 2.58. The molecule has 2 aromatic rings. The smallest absolute Gasteiger partial charge is 0.414 e. The van der Waals surface area contributed by atoms with Crippen LogP contribution in [-0.4, -0.2) is 61.7 Å². The summed E-state index contributed by atoms with van der Waals surface area (Å²) in [6.07, 6.45) is -1.03. The maximum Gasteiger partial charge on any atom is 0.414 e. The number of ether oxygens (including phenoxy) is 2. The Hall–Kier alpha value is -3.46. The van der Waals surface area contributed by atoms with Crippen molar-refractivity contribution < 1.29 is 28.2 Å². The molecule has 1 saturated carbocycles. The quantitative estimate of drug-likeness (QED) is 0.627. The molecule has 1 N–H and O–H groups in total. The zero-order chi connectivity index (χ0) is 24.5. The Bertz CT molecular complexity index is 1120. The predicted molar refractivity (Wildman–Crippen MR) is 125 cm³/mol. The summed E-state index contributed by atoms with van der Waals surface area (Å²) in [7, 11) is 0. The van der Waals surface area contributed by atoms with Crippen molar-refractivity contribution in [1.82, 2.24) is 10.2 Å². The normalized spacial score (nSPS) is 24.8. The number of fused-ring (bicyclic) bond motifs is 1. The number of hydrogen-bond donors (Lipinski definition) is 1. The molecule has 0 unspecified atom stereocenters. The number of carbonyl (C=O) groups excluding carboxylic acids is 3. The number of cyclic esters (lactones) is 1. The Labute approximate surface area is 203 Å². The fourth-order valence-corrected chi connectivity index (χ4v) is 5.16. The molecule has 1 aliphatic carbocycles. The van der Waals surface area contributed by atoms with Gasteiger partial charge in [0, 0.05) is 20.0 Å². The molecular formula is C26H28FN3O5. The predicted octanol–water partition coefficient (Wildman–Crippen LogP) is 2.68. The number of hydrogen-bond acceptors (Lipinski definition) is 5. The van der Waals surface area contributed by atoms with Gasteiger partial charge in [0.25, 0.3) is 0 Å². The Kier molecular flexibility index (Phi) is 6.42. The van der Waals surface area contributed by atoms with Crippen molar-refractivity contribution in [1.29, 1.82) is 0 Å². The molecule has 0 aromatic heterocycles. The lowest BCUT2D eigenvalue weighted by molar-refractivity contribution is -0.136. The summed E-state index contributed by atoms with van der Waals surface area (Å²) in [5.41, 5.74) is 2.08. The Morgan fingerprint density at radius 1 is 1.11 bits per heavy atom. The number of carbonyl (C=O) groups is 3. The molecular weight excluding hydrogens is 453 g/mol. The standard InChI is InChI=1S/C26H28FN3O5/c1-16(31)28-10-19-11-30(26(33)35-19)18-7-8-20(23(27)9-18)25-21-12-29(13-22(21)25)24(32)15-34-14-17-5-3-2-4-6-17/h2-9,19,21-22,25H,10-15H2,1H3,(H,28,31)/t19-,21-,22+,25+/m0/s1. The number of nitrogens with zero attached hydrogens (tertiary/aromatic N) is 2. The van der Waals surface area contributed by atoms with Crippen LogP contribution in [0.5, 0.6) is 0 Å². The van der Waals surface area contributed by atoms with Crippen molar-refractivity contribution in [2.24, 2.45) is 11.8 Å². The number of anilines is 1. The van der Waals surface area contributed by atoms with Gasteiger partial charge in [-0.15, -0.1) is 0 Å². The highest BCUT2D eigenvalue weighted by atomic mass is 19.1. The van der Waals surface area contributed by atoms with Gasteiger partial charge in [0.05, 0.1) is 25.4 Å². The molecule has 4 atom stereocenters. The number of piperidine rings is 1. The summed E-state index contributed by atoms with van der Waals surface area (Å²) in [6, 6.07) is 14.5. The number of rotatable bonds is 8. The fraction of sp³-hybridized carbons (Fsp3) is 0.423. The van der Waals surface area contributed by atoms with Crippen LogP contribution in [0.1, 0.15) is 24.0 Å². The molecule has 3 amide bonds. The van der Waals surface area contributed by atoms with Gasteiger partial charge in [0.15, 0.2) is 0 Å². The van der Waals surface area contributed by atoms with E-state index in [4.69, 9.17) is 9.47 Å². The number of amides is 3. The highest BCUT2D eigenvalue weighted by molar-refractivity contribution is 5.90. The highest BCUT2D eigenvalue weighted by Gasteiger charge is 2.57. The molecule has 0 radical (unpaired) electrons. The molecule has 0 bridgehead atoms. The summed E-state index contributed by atoms with van der Waals surface area (Å²) >= 11 is 0. The minimum Gasteiger partial charge on any atom is -0.442 e. The minimum atomic E-state index is -0.556. The van der Waals surface area contributed by atoms with Crippen molar-refractivity contribution in [2.45, 2.75) is 25.6 Å². The van der Waals surface area contributed by atoms with Crippen LogP contribution < -0.4 is 10.2 Å². The van der Waals surface area contributed by atoms with Gasteiger partial charge in [-0.3, -0.25) is 14.5 Å². The average molecular weight is 482 g/mol. The maximum absolute atomic E-state index is 15.0. The van der Waals surface area contributed by atoms with Gasteiger partial charge in [0.2, 0.25) is 11.8 Å². The maximum atomic E-state index is 15.0. The summed E-state index contributed by atoms with van der Waals surface area (Å²) in [4.78, 5) is 39.0. The Morgan fingerprint density at radius 2 is 1.86 bits per heavy atom. The van der Waals surface area contributed by atoms with Crippen molar-refractivity contribution in [3.8, 4) is 0 Å². The largest absolute Gasteiger partial charge is 0.442 e. The third-order valence-corrected chi connectivity index (χ3v) is 6.99. The fourth-order valence-electron chi connectivity index (χ4n) is 5.16. The van der Waals surface area contributed by atoms with E-state index in [9.17, 15) is 14.4 Å². The first-order valence-corrected chi connectivity index (χ1v) is 11.8. The topological polar surface area (TPSA) is 88.2 Å². The number of benzene rings is 2. The van der Waals surface area contributed by atoms with Crippen LogP contribution in [-0.2, 0) is 25.7 Å². The van der Waals surface area contributed by atoms with E-state index in [0.29, 0.717) is 30.9 Å². The summed E-state index contributed by atoms with van der Waals surface area (Å²) in [5.74, 6) is -0.0335. The molecule has 8 nitrogen and oxygen atoms in total. The molecule has 5 rings (SSSR count). The summed E-state index contributed by atoms with van der Waals surface area (Å²) in [5, 5.41) is 2.62. The second kappa shape index (κ2) is 9.65. The first-order valence-electron chi connectivity index (χ1n) is 11.8. The second-order valence-corrected chi connectivity index (χ2v) is 9.39. The van der Waals surface area contributed by atoms with Crippen molar-refractivity contribution in [2.75, 3.05) is 37.7 Å². The van der Waals surface area contributed by atoms with Crippen molar-refractivity contribution >= 4 is 23.6 Å². The third-order valence-electron chi connectivity index (χ3n) is 6.99. The lowest BCUT2D eigenvalue weighted by Crippen LogP contribution is -2.34. The summed E-state index contributed by atoms with van der Waals surface area (Å²) in [6.45, 7) is 3.50. The van der Waals surface area contributed by atoms with E-state index >= 15 is 4.39 Å². The average Bonchev–Trinajstić information content (AvgIpc) is 3.15. The third kappa shape index (κ3) is 5.00. The second-order valence-electron chi connectivity index (χ2n) is 9.39. The lowest BCUT2D eigenvalue weighted by Gasteiger charge is -2.20. The minimum absolute atomic E-state index is 0.0379.